The lowest BCUT2D eigenvalue weighted by atomic mass is 9.96. The number of rotatable bonds is 3. The van der Waals surface area contributed by atoms with Gasteiger partial charge in [-0.3, -0.25) is 0 Å². The van der Waals surface area contributed by atoms with Crippen LogP contribution >= 0.6 is 0 Å². The summed E-state index contributed by atoms with van der Waals surface area (Å²) >= 11 is 0. The molecule has 0 aliphatic carbocycles. The van der Waals surface area contributed by atoms with Crippen LogP contribution in [0, 0.1) is 22.7 Å². The maximum atomic E-state index is 10.8. The normalized spacial score (nSPS) is 11.6. The van der Waals surface area contributed by atoms with Gasteiger partial charge in [0.2, 0.25) is 0 Å². The molecule has 3 heterocycles. The first-order valence-corrected chi connectivity index (χ1v) is 16.1. The Hall–Kier alpha value is -7.08. The van der Waals surface area contributed by atoms with E-state index in [2.05, 4.69) is 100 Å². The molecule has 0 amide bonds. The van der Waals surface area contributed by atoms with Crippen LogP contribution in [0.15, 0.2) is 150 Å². The molecule has 0 spiro atoms. The molecule has 0 N–H and O–H groups in total. The highest BCUT2D eigenvalue weighted by atomic mass is 16.3. The molecule has 226 valence electrons. The smallest absolute Gasteiger partial charge is 0.137 e. The molecule has 49 heavy (non-hydrogen) atoms. The largest absolute Gasteiger partial charge is 0.456 e. The molecule has 5 heteroatoms. The van der Waals surface area contributed by atoms with Gasteiger partial charge in [0.1, 0.15) is 11.2 Å². The highest BCUT2D eigenvalue weighted by Gasteiger charge is 2.21. The van der Waals surface area contributed by atoms with Gasteiger partial charge in [-0.2, -0.15) is 10.5 Å². The van der Waals surface area contributed by atoms with E-state index in [1.165, 1.54) is 0 Å². The zero-order chi connectivity index (χ0) is 32.6. The van der Waals surface area contributed by atoms with E-state index in [-0.39, 0.29) is 0 Å². The summed E-state index contributed by atoms with van der Waals surface area (Å²) in [6.07, 6.45) is 0. The van der Waals surface area contributed by atoms with Crippen LogP contribution in [-0.2, 0) is 0 Å². The van der Waals surface area contributed by atoms with Crippen LogP contribution in [0.1, 0.15) is 11.1 Å². The Morgan fingerprint density at radius 2 is 1.10 bits per heavy atom. The predicted molar refractivity (Wildman–Crippen MR) is 197 cm³/mol. The van der Waals surface area contributed by atoms with Gasteiger partial charge in [-0.1, -0.05) is 78.9 Å². The van der Waals surface area contributed by atoms with Crippen LogP contribution in [0.25, 0.3) is 88.1 Å². The number of para-hydroxylation sites is 4. The molecule has 0 atom stereocenters. The third-order valence-corrected chi connectivity index (χ3v) is 9.79. The van der Waals surface area contributed by atoms with E-state index < -0.39 is 0 Å². The van der Waals surface area contributed by atoms with Crippen molar-refractivity contribution in [2.24, 2.45) is 0 Å². The number of benzene rings is 7. The van der Waals surface area contributed by atoms with Crippen molar-refractivity contribution in [2.75, 3.05) is 0 Å². The molecule has 0 saturated heterocycles. The maximum Gasteiger partial charge on any atom is 0.137 e. The molecule has 0 aliphatic rings. The van der Waals surface area contributed by atoms with Crippen molar-refractivity contribution in [1.29, 1.82) is 10.5 Å². The zero-order valence-electron chi connectivity index (χ0n) is 26.1. The average molecular weight is 625 g/mol. The van der Waals surface area contributed by atoms with Crippen LogP contribution in [0.5, 0.6) is 0 Å². The summed E-state index contributed by atoms with van der Waals surface area (Å²) in [5, 5.41) is 27.4. The third-order valence-electron chi connectivity index (χ3n) is 9.79. The molecule has 0 radical (unpaired) electrons. The first-order chi connectivity index (χ1) is 24.2. The van der Waals surface area contributed by atoms with Crippen molar-refractivity contribution in [1.82, 2.24) is 9.13 Å². The van der Waals surface area contributed by atoms with Gasteiger partial charge in [-0.05, 0) is 66.7 Å². The van der Waals surface area contributed by atoms with Gasteiger partial charge >= 0.3 is 0 Å². The van der Waals surface area contributed by atoms with Gasteiger partial charge in [-0.25, -0.2) is 0 Å². The Morgan fingerprint density at radius 1 is 0.469 bits per heavy atom. The highest BCUT2D eigenvalue weighted by Crippen LogP contribution is 2.42. The van der Waals surface area contributed by atoms with Gasteiger partial charge < -0.3 is 13.6 Å². The molecule has 0 aliphatic heterocycles. The van der Waals surface area contributed by atoms with E-state index >= 15 is 0 Å². The van der Waals surface area contributed by atoms with E-state index in [1.807, 2.05) is 66.7 Å². The second kappa shape index (κ2) is 10.2. The Bertz CT molecular complexity index is 3030. The molecule has 5 nitrogen and oxygen atoms in total. The number of aromatic nitrogens is 2. The second-order valence-electron chi connectivity index (χ2n) is 12.3. The molecule has 0 saturated carbocycles. The summed E-state index contributed by atoms with van der Waals surface area (Å²) in [4.78, 5) is 0. The van der Waals surface area contributed by atoms with Crippen LogP contribution in [-0.4, -0.2) is 9.13 Å². The zero-order valence-corrected chi connectivity index (χ0v) is 26.1. The molecule has 7 aromatic carbocycles. The predicted octanol–water partition coefficient (Wildman–Crippen LogP) is 11.2. The molecule has 10 rings (SSSR count). The summed E-state index contributed by atoms with van der Waals surface area (Å²) in [5.74, 6) is 0. The fourth-order valence-corrected chi connectivity index (χ4v) is 7.73. The molecule has 0 fully saturated rings. The van der Waals surface area contributed by atoms with Gasteiger partial charge in [0, 0.05) is 43.7 Å². The quantitative estimate of drug-likeness (QED) is 0.196. The lowest BCUT2D eigenvalue weighted by molar-refractivity contribution is 0.669. The number of nitrogens with zero attached hydrogens (tertiary/aromatic N) is 4. The molecule has 3 aromatic heterocycles. The maximum absolute atomic E-state index is 10.8. The fraction of sp³-hybridized carbons (Fsp3) is 0. The lowest BCUT2D eigenvalue weighted by Gasteiger charge is -2.17. The molecule has 0 bridgehead atoms. The number of hydrogen-bond acceptors (Lipinski definition) is 3. The number of furan rings is 1. The van der Waals surface area contributed by atoms with Gasteiger partial charge in [0.05, 0.1) is 56.4 Å². The summed E-state index contributed by atoms with van der Waals surface area (Å²) in [6, 6.07) is 54.1. The first kappa shape index (κ1) is 27.1. The van der Waals surface area contributed by atoms with E-state index in [0.717, 1.165) is 88.1 Å². The number of hydrogen-bond donors (Lipinski definition) is 0. The first-order valence-electron chi connectivity index (χ1n) is 16.1. The number of nitriles is 2. The van der Waals surface area contributed by atoms with E-state index in [9.17, 15) is 10.5 Å². The SMILES string of the molecule is N#Cc1ccc(-n2c3ccccc3c3ccccc32)c(-c2ccc(-n3c4ccccc4c4ccc5oc6ccccc6c5c43)cc2C#N)c1. The van der Waals surface area contributed by atoms with E-state index in [0.29, 0.717) is 11.1 Å². The topological polar surface area (TPSA) is 70.6 Å². The van der Waals surface area contributed by atoms with Gasteiger partial charge in [-0.15, -0.1) is 0 Å². The molecule has 0 unspecified atom stereocenters. The van der Waals surface area contributed by atoms with Crippen molar-refractivity contribution < 1.29 is 4.42 Å². The van der Waals surface area contributed by atoms with Crippen LogP contribution < -0.4 is 0 Å². The summed E-state index contributed by atoms with van der Waals surface area (Å²) in [5.41, 5.74) is 10.3. The standard InChI is InChI=1S/C44H24N4O/c45-25-27-17-21-40(48-38-14-6-1-9-31(38)32-10-2-7-15-39(32)48)36(23-27)30-19-18-29(24-28(30)26-46)47-37-13-5-3-11-33(37)34-20-22-42-43(44(34)47)35-12-4-8-16-41(35)49-42/h1-24H. The highest BCUT2D eigenvalue weighted by molar-refractivity contribution is 6.24. The van der Waals surface area contributed by atoms with Crippen molar-refractivity contribution in [3.8, 4) is 34.6 Å². The lowest BCUT2D eigenvalue weighted by Crippen LogP contribution is -2.00. The minimum absolute atomic E-state index is 0.518. The monoisotopic (exact) mass is 624 g/mol. The second-order valence-corrected chi connectivity index (χ2v) is 12.3. The molecular weight excluding hydrogens is 601 g/mol. The summed E-state index contributed by atoms with van der Waals surface area (Å²) in [6.45, 7) is 0. The van der Waals surface area contributed by atoms with Crippen LogP contribution in [0.4, 0.5) is 0 Å². The van der Waals surface area contributed by atoms with Crippen molar-refractivity contribution >= 4 is 65.6 Å². The molecule has 10 aromatic rings. The van der Waals surface area contributed by atoms with E-state index in [1.54, 1.807) is 0 Å². The van der Waals surface area contributed by atoms with Gasteiger partial charge in [0.25, 0.3) is 0 Å². The Balaban J connectivity index is 1.26. The van der Waals surface area contributed by atoms with Crippen LogP contribution in [0.3, 0.4) is 0 Å². The van der Waals surface area contributed by atoms with Crippen molar-refractivity contribution in [3.63, 3.8) is 0 Å². The fourth-order valence-electron chi connectivity index (χ4n) is 7.73. The number of fused-ring (bicyclic) bond motifs is 10. The van der Waals surface area contributed by atoms with E-state index in [4.69, 9.17) is 4.42 Å². The van der Waals surface area contributed by atoms with Crippen molar-refractivity contribution in [3.05, 3.63) is 157 Å². The summed E-state index contributed by atoms with van der Waals surface area (Å²) < 4.78 is 10.8. The van der Waals surface area contributed by atoms with Crippen molar-refractivity contribution in [2.45, 2.75) is 0 Å². The average Bonchev–Trinajstić information content (AvgIpc) is 3.82. The Kier molecular flexibility index (Phi) is 5.64. The minimum Gasteiger partial charge on any atom is -0.456 e. The Labute approximate surface area is 280 Å². The summed E-state index contributed by atoms with van der Waals surface area (Å²) in [7, 11) is 0. The third kappa shape index (κ3) is 3.79. The molecular formula is C44H24N4O. The van der Waals surface area contributed by atoms with Gasteiger partial charge in [0.15, 0.2) is 0 Å². The minimum atomic E-state index is 0.518. The Morgan fingerprint density at radius 3 is 1.80 bits per heavy atom. The van der Waals surface area contributed by atoms with Crippen LogP contribution in [0.2, 0.25) is 0 Å².